The number of nitro groups is 1. The number of hydrogen-bond acceptors (Lipinski definition) is 6. The second-order valence-corrected chi connectivity index (χ2v) is 7.39. The van der Waals surface area contributed by atoms with Gasteiger partial charge in [0, 0.05) is 19.2 Å². The number of rotatable bonds is 9. The Balaban J connectivity index is 0.00000576. The Bertz CT molecular complexity index is 696. The molecule has 25 heavy (non-hydrogen) atoms. The molecule has 0 aliphatic carbocycles. The van der Waals surface area contributed by atoms with Crippen molar-refractivity contribution >= 4 is 34.0 Å². The third kappa shape index (κ3) is 7.34. The number of nitrogens with two attached hydrogens (primary N) is 1. The van der Waals surface area contributed by atoms with Crippen LogP contribution >= 0.6 is 12.4 Å². The first kappa shape index (κ1) is 23.2. The van der Waals surface area contributed by atoms with E-state index >= 15 is 0 Å². The van der Waals surface area contributed by atoms with Crippen molar-refractivity contribution in [2.24, 2.45) is 11.7 Å². The molecule has 0 heterocycles. The Hall–Kier alpha value is -1.75. The van der Waals surface area contributed by atoms with E-state index in [9.17, 15) is 23.3 Å². The van der Waals surface area contributed by atoms with Crippen LogP contribution < -0.4 is 15.8 Å². The Morgan fingerprint density at radius 1 is 1.28 bits per heavy atom. The van der Waals surface area contributed by atoms with Crippen LogP contribution in [0, 0.1) is 16.0 Å². The summed E-state index contributed by atoms with van der Waals surface area (Å²) in [6, 6.07) is 4.39. The number of nitrogens with one attached hydrogen (secondary N) is 2. The van der Waals surface area contributed by atoms with Crippen LogP contribution in [0.3, 0.4) is 0 Å². The second-order valence-electron chi connectivity index (χ2n) is 5.65. The van der Waals surface area contributed by atoms with Crippen molar-refractivity contribution in [2.45, 2.75) is 31.2 Å². The fourth-order valence-electron chi connectivity index (χ4n) is 2.03. The van der Waals surface area contributed by atoms with Gasteiger partial charge in [-0.25, -0.2) is 13.1 Å². The van der Waals surface area contributed by atoms with Crippen LogP contribution in [0.1, 0.15) is 20.3 Å². The maximum absolute atomic E-state index is 12.1. The van der Waals surface area contributed by atoms with Crippen molar-refractivity contribution < 1.29 is 18.1 Å². The zero-order valence-electron chi connectivity index (χ0n) is 14.0. The number of nitrogens with zero attached hydrogens (tertiary/aromatic N) is 1. The number of sulfonamides is 1. The molecular weight excluding hydrogens is 372 g/mol. The Morgan fingerprint density at radius 3 is 2.44 bits per heavy atom. The van der Waals surface area contributed by atoms with E-state index in [-0.39, 0.29) is 37.3 Å². The van der Waals surface area contributed by atoms with Crippen LogP contribution in [0.5, 0.6) is 0 Å². The molecule has 0 aliphatic rings. The molecule has 1 aromatic carbocycles. The van der Waals surface area contributed by atoms with Crippen molar-refractivity contribution in [1.82, 2.24) is 10.0 Å². The molecule has 0 aliphatic heterocycles. The number of carbonyl (C=O) groups is 1. The quantitative estimate of drug-likeness (QED) is 0.320. The molecule has 0 saturated heterocycles. The summed E-state index contributed by atoms with van der Waals surface area (Å²) >= 11 is 0. The third-order valence-corrected chi connectivity index (χ3v) is 4.64. The van der Waals surface area contributed by atoms with E-state index in [2.05, 4.69) is 10.0 Å². The lowest BCUT2D eigenvalue weighted by Gasteiger charge is -2.14. The van der Waals surface area contributed by atoms with Crippen molar-refractivity contribution in [1.29, 1.82) is 0 Å². The maximum Gasteiger partial charge on any atom is 0.289 e. The number of halogens is 1. The lowest BCUT2D eigenvalue weighted by Crippen LogP contribution is -2.44. The highest BCUT2D eigenvalue weighted by molar-refractivity contribution is 7.89. The minimum Gasteiger partial charge on any atom is -0.353 e. The van der Waals surface area contributed by atoms with Gasteiger partial charge in [-0.3, -0.25) is 14.9 Å². The Morgan fingerprint density at radius 2 is 1.88 bits per heavy atom. The second kappa shape index (κ2) is 10.3. The lowest BCUT2D eigenvalue weighted by molar-refractivity contribution is -0.387. The smallest absolute Gasteiger partial charge is 0.289 e. The highest BCUT2D eigenvalue weighted by Gasteiger charge is 2.24. The number of hydrogen-bond donors (Lipinski definition) is 3. The molecule has 9 nitrogen and oxygen atoms in total. The van der Waals surface area contributed by atoms with Gasteiger partial charge in [0.15, 0.2) is 4.90 Å². The highest BCUT2D eigenvalue weighted by Crippen LogP contribution is 2.22. The van der Waals surface area contributed by atoms with Gasteiger partial charge in [0.25, 0.3) is 5.69 Å². The Labute approximate surface area is 153 Å². The molecule has 0 aromatic heterocycles. The molecular formula is C14H23ClN4O5S. The average Bonchev–Trinajstić information content (AvgIpc) is 2.50. The molecule has 142 valence electrons. The van der Waals surface area contributed by atoms with E-state index in [1.807, 2.05) is 13.8 Å². The minimum absolute atomic E-state index is 0. The molecule has 0 unspecified atom stereocenters. The number of para-hydroxylation sites is 1. The highest BCUT2D eigenvalue weighted by atomic mass is 35.5. The van der Waals surface area contributed by atoms with Crippen LogP contribution in [0.15, 0.2) is 29.2 Å². The maximum atomic E-state index is 12.1. The normalized spacial score (nSPS) is 12.3. The largest absolute Gasteiger partial charge is 0.353 e. The van der Waals surface area contributed by atoms with Gasteiger partial charge >= 0.3 is 0 Å². The first-order valence-electron chi connectivity index (χ1n) is 7.41. The molecule has 1 atom stereocenters. The summed E-state index contributed by atoms with van der Waals surface area (Å²) in [6.07, 6.45) is 0.522. The summed E-state index contributed by atoms with van der Waals surface area (Å²) in [5.74, 6) is -0.100. The molecule has 11 heteroatoms. The standard InChI is InChI=1S/C14H22N4O5S.ClH/c1-10(2)9-11(15)14(19)16-7-8-17-24(22,23)13-6-4-3-5-12(13)18(20)21;/h3-6,10-11,17H,7-9,15H2,1-2H3,(H,16,19);1H/t11-;/m0./s1. The van der Waals surface area contributed by atoms with Gasteiger partial charge in [0.05, 0.1) is 11.0 Å². The van der Waals surface area contributed by atoms with E-state index in [0.717, 1.165) is 12.1 Å². The molecule has 0 radical (unpaired) electrons. The minimum atomic E-state index is -4.05. The number of benzene rings is 1. The van der Waals surface area contributed by atoms with Crippen molar-refractivity contribution in [3.05, 3.63) is 34.4 Å². The third-order valence-electron chi connectivity index (χ3n) is 3.13. The van der Waals surface area contributed by atoms with Crippen LogP contribution in [-0.4, -0.2) is 38.4 Å². The first-order valence-corrected chi connectivity index (χ1v) is 8.90. The van der Waals surface area contributed by atoms with Gasteiger partial charge in [-0.2, -0.15) is 0 Å². The topological polar surface area (TPSA) is 144 Å². The lowest BCUT2D eigenvalue weighted by atomic mass is 10.0. The van der Waals surface area contributed by atoms with E-state index in [0.29, 0.717) is 6.42 Å². The van der Waals surface area contributed by atoms with Gasteiger partial charge in [-0.15, -0.1) is 12.4 Å². The summed E-state index contributed by atoms with van der Waals surface area (Å²) in [4.78, 5) is 21.4. The average molecular weight is 395 g/mol. The SMILES string of the molecule is CC(C)C[C@H](N)C(=O)NCCNS(=O)(=O)c1ccccc1[N+](=O)[O-].Cl. The molecule has 1 rings (SSSR count). The fraction of sp³-hybridized carbons (Fsp3) is 0.500. The number of nitro benzene ring substituents is 1. The van der Waals surface area contributed by atoms with Crippen LogP contribution in [0.4, 0.5) is 5.69 Å². The van der Waals surface area contributed by atoms with E-state index in [1.54, 1.807) is 0 Å². The van der Waals surface area contributed by atoms with Gasteiger partial charge in [0.2, 0.25) is 15.9 Å². The predicted octanol–water partition coefficient (Wildman–Crippen LogP) is 0.785. The van der Waals surface area contributed by atoms with Gasteiger partial charge in [0.1, 0.15) is 0 Å². The van der Waals surface area contributed by atoms with Crippen LogP contribution in [-0.2, 0) is 14.8 Å². The van der Waals surface area contributed by atoms with Gasteiger partial charge < -0.3 is 11.1 Å². The van der Waals surface area contributed by atoms with E-state index in [1.165, 1.54) is 12.1 Å². The molecule has 0 fully saturated rings. The summed E-state index contributed by atoms with van der Waals surface area (Å²) in [5, 5.41) is 13.4. The zero-order chi connectivity index (χ0) is 18.3. The molecule has 0 saturated carbocycles. The summed E-state index contributed by atoms with van der Waals surface area (Å²) in [6.45, 7) is 3.81. The number of amides is 1. The van der Waals surface area contributed by atoms with Crippen LogP contribution in [0.2, 0.25) is 0 Å². The Kier molecular flexibility index (Phi) is 9.57. The number of carbonyl (C=O) groups excluding carboxylic acids is 1. The summed E-state index contributed by atoms with van der Waals surface area (Å²) < 4.78 is 26.5. The first-order chi connectivity index (χ1) is 11.1. The molecule has 0 bridgehead atoms. The molecule has 1 aromatic rings. The van der Waals surface area contributed by atoms with Crippen molar-refractivity contribution in [2.75, 3.05) is 13.1 Å². The van der Waals surface area contributed by atoms with Gasteiger partial charge in [-0.1, -0.05) is 26.0 Å². The predicted molar refractivity (Wildman–Crippen MR) is 96.0 cm³/mol. The zero-order valence-corrected chi connectivity index (χ0v) is 15.6. The molecule has 4 N–H and O–H groups in total. The fourth-order valence-corrected chi connectivity index (χ4v) is 3.23. The monoisotopic (exact) mass is 394 g/mol. The molecule has 1 amide bonds. The van der Waals surface area contributed by atoms with E-state index < -0.39 is 31.6 Å². The van der Waals surface area contributed by atoms with Crippen molar-refractivity contribution in [3.63, 3.8) is 0 Å². The van der Waals surface area contributed by atoms with Crippen LogP contribution in [0.25, 0.3) is 0 Å². The van der Waals surface area contributed by atoms with E-state index in [4.69, 9.17) is 5.73 Å². The van der Waals surface area contributed by atoms with Crippen molar-refractivity contribution in [3.8, 4) is 0 Å². The summed E-state index contributed by atoms with van der Waals surface area (Å²) in [5.41, 5.74) is 5.20. The van der Waals surface area contributed by atoms with Gasteiger partial charge in [-0.05, 0) is 18.4 Å². The summed E-state index contributed by atoms with van der Waals surface area (Å²) in [7, 11) is -4.05. The molecule has 0 spiro atoms.